The monoisotopic (exact) mass is 498 g/mol. The second-order valence-electron chi connectivity index (χ2n) is 9.84. The molecule has 0 aliphatic carbocycles. The number of fused-ring (bicyclic) bond motifs is 2. The number of carboxylic acids is 1. The highest BCUT2D eigenvalue weighted by Crippen LogP contribution is 2.40. The average Bonchev–Trinajstić information content (AvgIpc) is 3.24. The van der Waals surface area contributed by atoms with E-state index in [1.54, 1.807) is 4.90 Å². The van der Waals surface area contributed by atoms with E-state index in [1.165, 1.54) is 4.90 Å². The molecule has 2 aliphatic rings. The van der Waals surface area contributed by atoms with Gasteiger partial charge < -0.3 is 14.7 Å². The third-order valence-electron chi connectivity index (χ3n) is 7.71. The van der Waals surface area contributed by atoms with Crippen LogP contribution in [0.15, 0.2) is 91.0 Å². The first-order valence-electron chi connectivity index (χ1n) is 12.5. The molecule has 0 radical (unpaired) electrons. The highest BCUT2D eigenvalue weighted by molar-refractivity contribution is 5.95. The molecule has 2 amide bonds. The molecule has 3 aromatic rings. The lowest BCUT2D eigenvalue weighted by molar-refractivity contribution is -0.158. The summed E-state index contributed by atoms with van der Waals surface area (Å²) in [5.74, 6) is -1.41. The van der Waals surface area contributed by atoms with Gasteiger partial charge in [0.2, 0.25) is 5.91 Å². The van der Waals surface area contributed by atoms with Crippen molar-refractivity contribution in [2.24, 2.45) is 0 Å². The number of hydrogen-bond acceptors (Lipinski definition) is 4. The minimum absolute atomic E-state index is 0.107. The lowest BCUT2D eigenvalue weighted by Gasteiger charge is -2.47. The molecule has 1 N–H and O–H groups in total. The van der Waals surface area contributed by atoms with Crippen LogP contribution in [0.1, 0.15) is 36.5 Å². The van der Waals surface area contributed by atoms with Crippen molar-refractivity contribution in [2.45, 2.75) is 49.9 Å². The highest BCUT2D eigenvalue weighted by Gasteiger charge is 2.55. The number of carbonyl (C=O) groups excluding carboxylic acids is 2. The summed E-state index contributed by atoms with van der Waals surface area (Å²) in [7, 11) is 0. The van der Waals surface area contributed by atoms with Crippen molar-refractivity contribution >= 4 is 18.0 Å². The number of likely N-dealkylation sites (tertiary alicyclic amines) is 1. The van der Waals surface area contributed by atoms with Crippen LogP contribution < -0.4 is 0 Å². The van der Waals surface area contributed by atoms with Gasteiger partial charge in [-0.15, -0.1) is 0 Å². The van der Waals surface area contributed by atoms with Gasteiger partial charge in [-0.05, 0) is 36.5 Å². The number of ether oxygens (including phenoxy) is 1. The van der Waals surface area contributed by atoms with Crippen LogP contribution in [0.25, 0.3) is 0 Å². The van der Waals surface area contributed by atoms with E-state index in [4.69, 9.17) is 4.74 Å². The van der Waals surface area contributed by atoms with Crippen molar-refractivity contribution in [1.82, 2.24) is 9.80 Å². The molecule has 3 aromatic carbocycles. The van der Waals surface area contributed by atoms with Crippen LogP contribution in [-0.2, 0) is 26.3 Å². The summed E-state index contributed by atoms with van der Waals surface area (Å²) >= 11 is 0. The molecule has 7 heteroatoms. The van der Waals surface area contributed by atoms with Crippen LogP contribution in [0.2, 0.25) is 0 Å². The lowest BCUT2D eigenvalue weighted by Crippen LogP contribution is -2.67. The summed E-state index contributed by atoms with van der Waals surface area (Å²) in [4.78, 5) is 43.2. The molecule has 2 bridgehead atoms. The Morgan fingerprint density at radius 2 is 1.41 bits per heavy atom. The predicted molar refractivity (Wildman–Crippen MR) is 138 cm³/mol. The summed E-state index contributed by atoms with van der Waals surface area (Å²) in [6, 6.07) is 26.1. The second-order valence-corrected chi connectivity index (χ2v) is 9.84. The van der Waals surface area contributed by atoms with Gasteiger partial charge in [0.25, 0.3) is 0 Å². The maximum Gasteiger partial charge on any atom is 0.410 e. The molecule has 0 aromatic heterocycles. The fraction of sp³-hybridized carbons (Fsp3) is 0.300. The molecule has 3 atom stereocenters. The number of hydrogen-bond donors (Lipinski definition) is 1. The van der Waals surface area contributed by atoms with Gasteiger partial charge in [0.15, 0.2) is 0 Å². The Morgan fingerprint density at radius 1 is 0.865 bits per heavy atom. The van der Waals surface area contributed by atoms with E-state index in [0.717, 1.165) is 16.7 Å². The van der Waals surface area contributed by atoms with Crippen molar-refractivity contribution in [3.05, 3.63) is 108 Å². The summed E-state index contributed by atoms with van der Waals surface area (Å²) in [6.07, 6.45) is 0.578. The van der Waals surface area contributed by atoms with Crippen LogP contribution in [0.4, 0.5) is 4.79 Å². The number of rotatable bonds is 6. The van der Waals surface area contributed by atoms with Crippen molar-refractivity contribution < 1.29 is 24.2 Å². The number of piperazine rings is 1. The molecular weight excluding hydrogens is 468 g/mol. The maximum absolute atomic E-state index is 14.4. The van der Waals surface area contributed by atoms with Crippen LogP contribution in [0.3, 0.4) is 0 Å². The van der Waals surface area contributed by atoms with Gasteiger partial charge in [-0.25, -0.2) is 9.59 Å². The van der Waals surface area contributed by atoms with E-state index in [-0.39, 0.29) is 25.1 Å². The number of benzene rings is 3. The van der Waals surface area contributed by atoms with E-state index in [0.29, 0.717) is 12.8 Å². The summed E-state index contributed by atoms with van der Waals surface area (Å²) in [5, 5.41) is 10.3. The molecule has 2 heterocycles. The largest absolute Gasteiger partial charge is 0.480 e. The van der Waals surface area contributed by atoms with E-state index < -0.39 is 29.6 Å². The molecule has 0 unspecified atom stereocenters. The van der Waals surface area contributed by atoms with E-state index >= 15 is 0 Å². The Labute approximate surface area is 216 Å². The summed E-state index contributed by atoms with van der Waals surface area (Å²) < 4.78 is 5.57. The topological polar surface area (TPSA) is 87.2 Å². The third kappa shape index (κ3) is 4.46. The Hall–Kier alpha value is -4.13. The molecule has 5 rings (SSSR count). The van der Waals surface area contributed by atoms with Gasteiger partial charge in [0, 0.05) is 6.54 Å². The zero-order valence-corrected chi connectivity index (χ0v) is 20.7. The van der Waals surface area contributed by atoms with Crippen LogP contribution in [-0.4, -0.2) is 57.5 Å². The molecule has 7 nitrogen and oxygen atoms in total. The van der Waals surface area contributed by atoms with E-state index in [2.05, 4.69) is 0 Å². The van der Waals surface area contributed by atoms with Crippen molar-refractivity contribution in [3.63, 3.8) is 0 Å². The molecule has 2 aliphatic heterocycles. The Kier molecular flexibility index (Phi) is 6.70. The fourth-order valence-corrected chi connectivity index (χ4v) is 5.78. The van der Waals surface area contributed by atoms with Gasteiger partial charge in [0.1, 0.15) is 12.6 Å². The molecule has 0 saturated carbocycles. The first-order valence-corrected chi connectivity index (χ1v) is 12.5. The third-order valence-corrected chi connectivity index (χ3v) is 7.71. The molecule has 190 valence electrons. The minimum atomic E-state index is -1.16. The number of aliphatic carboxylic acids is 1. The fourth-order valence-electron chi connectivity index (χ4n) is 5.78. The Balaban J connectivity index is 1.45. The van der Waals surface area contributed by atoms with Crippen LogP contribution in [0.5, 0.6) is 0 Å². The molecule has 2 saturated heterocycles. The van der Waals surface area contributed by atoms with Crippen molar-refractivity contribution in [1.29, 1.82) is 0 Å². The number of nitrogens with zero attached hydrogens (tertiary/aromatic N) is 2. The average molecular weight is 499 g/mol. The summed E-state index contributed by atoms with van der Waals surface area (Å²) in [5.41, 5.74) is 1.33. The van der Waals surface area contributed by atoms with Gasteiger partial charge in [0.05, 0.1) is 17.5 Å². The standard InChI is InChI=1S/C30H30N2O5/c1-30(22-13-7-3-8-14-22,23-15-9-4-10-16-23)28(35)31-19-24-17-18-25(26(31)27(33)34)32(24)29(36)37-20-21-11-5-2-6-12-21/h2-16,24-26H,17-20H2,1H3,(H,33,34)/t24-,25+,26-/m0/s1. The minimum Gasteiger partial charge on any atom is -0.480 e. The number of amides is 2. The first kappa shape index (κ1) is 24.6. The molecule has 37 heavy (non-hydrogen) atoms. The Bertz CT molecular complexity index is 1230. The van der Waals surface area contributed by atoms with Crippen molar-refractivity contribution in [3.8, 4) is 0 Å². The second kappa shape index (κ2) is 10.1. The predicted octanol–water partition coefficient (Wildman–Crippen LogP) is 4.46. The number of carbonyl (C=O) groups is 3. The van der Waals surface area contributed by atoms with Gasteiger partial charge in [-0.1, -0.05) is 91.0 Å². The quantitative estimate of drug-likeness (QED) is 0.542. The summed E-state index contributed by atoms with van der Waals surface area (Å²) in [6.45, 7) is 2.10. The molecule has 2 fully saturated rings. The SMILES string of the molecule is CC(C(=O)N1C[C@@H]2CC[C@H]([C@H]1C(=O)O)N2C(=O)OCc1ccccc1)(c1ccccc1)c1ccccc1. The zero-order chi connectivity index (χ0) is 26.0. The smallest absolute Gasteiger partial charge is 0.410 e. The maximum atomic E-state index is 14.4. The van der Waals surface area contributed by atoms with Gasteiger partial charge in [-0.2, -0.15) is 0 Å². The highest BCUT2D eigenvalue weighted by atomic mass is 16.6. The van der Waals surface area contributed by atoms with Crippen LogP contribution >= 0.6 is 0 Å². The van der Waals surface area contributed by atoms with E-state index in [9.17, 15) is 19.5 Å². The van der Waals surface area contributed by atoms with Gasteiger partial charge in [-0.3, -0.25) is 9.69 Å². The van der Waals surface area contributed by atoms with Gasteiger partial charge >= 0.3 is 12.1 Å². The lowest BCUT2D eigenvalue weighted by atomic mass is 9.74. The number of carboxylic acid groups (broad SMARTS) is 1. The van der Waals surface area contributed by atoms with Crippen molar-refractivity contribution in [2.75, 3.05) is 6.54 Å². The first-order chi connectivity index (χ1) is 17.9. The van der Waals surface area contributed by atoms with E-state index in [1.807, 2.05) is 97.9 Å². The zero-order valence-electron chi connectivity index (χ0n) is 20.7. The Morgan fingerprint density at radius 3 is 1.95 bits per heavy atom. The molecular formula is C30H30N2O5. The normalized spacial score (nSPS) is 20.9. The van der Waals surface area contributed by atoms with Crippen LogP contribution in [0, 0.1) is 0 Å². The molecule has 0 spiro atoms.